The molecule has 1 atom stereocenters. The Balaban J connectivity index is 1.67. The fraction of sp³-hybridized carbons (Fsp3) is 0.583. The van der Waals surface area contributed by atoms with Gasteiger partial charge in [-0.2, -0.15) is 0 Å². The third-order valence-corrected chi connectivity index (χ3v) is 3.99. The Kier molecular flexibility index (Phi) is 3.31. The summed E-state index contributed by atoms with van der Waals surface area (Å²) in [5, 5.41) is 3.07. The number of hydrazine groups is 1. The second-order valence-electron chi connectivity index (χ2n) is 5.15. The molecule has 4 heterocycles. The highest BCUT2D eigenvalue weighted by Gasteiger charge is 2.35. The largest absolute Gasteiger partial charge is 0.346 e. The predicted molar refractivity (Wildman–Crippen MR) is 70.3 cm³/mol. The summed E-state index contributed by atoms with van der Waals surface area (Å²) < 4.78 is 0. The second-order valence-corrected chi connectivity index (χ2v) is 5.15. The third kappa shape index (κ3) is 2.52. The monoisotopic (exact) mass is 262 g/mol. The molecule has 3 aliphatic rings. The average molecular weight is 262 g/mol. The van der Waals surface area contributed by atoms with Crippen molar-refractivity contribution in [2.24, 2.45) is 11.8 Å². The van der Waals surface area contributed by atoms with Crippen molar-refractivity contribution in [3.63, 3.8) is 0 Å². The quantitative estimate of drug-likeness (QED) is 0.506. The number of anilines is 1. The minimum Gasteiger partial charge on any atom is -0.346 e. The van der Waals surface area contributed by atoms with Gasteiger partial charge in [-0.25, -0.2) is 10.8 Å². The number of nitrogen functional groups attached to an aromatic ring is 1. The molecule has 3 aliphatic heterocycles. The summed E-state index contributed by atoms with van der Waals surface area (Å²) in [5.41, 5.74) is 2.69. The van der Waals surface area contributed by atoms with Crippen LogP contribution in [0.3, 0.4) is 0 Å². The van der Waals surface area contributed by atoms with Gasteiger partial charge in [0.2, 0.25) is 0 Å². The van der Waals surface area contributed by atoms with Crippen molar-refractivity contribution in [3.05, 3.63) is 18.1 Å². The fourth-order valence-corrected chi connectivity index (χ4v) is 2.92. The fourth-order valence-electron chi connectivity index (χ4n) is 2.92. The number of fused-ring (bicyclic) bond motifs is 3. The first-order chi connectivity index (χ1) is 9.26. The number of hydrogen-bond donors (Lipinski definition) is 3. The molecule has 3 saturated heterocycles. The highest BCUT2D eigenvalue weighted by Crippen LogP contribution is 2.27. The third-order valence-electron chi connectivity index (χ3n) is 3.99. The first-order valence-electron chi connectivity index (χ1n) is 6.58. The maximum Gasteiger partial charge on any atom is 0.271 e. The van der Waals surface area contributed by atoms with Gasteiger partial charge in [0, 0.05) is 12.6 Å². The summed E-state index contributed by atoms with van der Waals surface area (Å²) in [4.78, 5) is 22.6. The Morgan fingerprint density at radius 1 is 1.37 bits per heavy atom. The number of hydrogen-bond acceptors (Lipinski definition) is 6. The topological polar surface area (TPSA) is 96.2 Å². The zero-order chi connectivity index (χ0) is 13.2. The van der Waals surface area contributed by atoms with Crippen molar-refractivity contribution in [2.75, 3.05) is 25.1 Å². The van der Waals surface area contributed by atoms with Crippen LogP contribution in [0.2, 0.25) is 0 Å². The maximum atomic E-state index is 12.2. The Hall–Kier alpha value is -1.73. The zero-order valence-corrected chi connectivity index (χ0v) is 10.7. The lowest BCUT2D eigenvalue weighted by molar-refractivity contribution is 0.0617. The van der Waals surface area contributed by atoms with Gasteiger partial charge in [0.05, 0.1) is 12.4 Å². The molecule has 0 aliphatic carbocycles. The molecule has 0 aromatic carbocycles. The Labute approximate surface area is 111 Å². The standard InChI is InChI=1S/C12H18N6O/c13-17-11-6-14-5-9(15-11)12(19)16-10-7-18-3-1-8(10)2-4-18/h5-6,8,10H,1-4,7,13H2,(H,15,17)(H,16,19). The van der Waals surface area contributed by atoms with E-state index < -0.39 is 0 Å². The summed E-state index contributed by atoms with van der Waals surface area (Å²) >= 11 is 0. The molecular formula is C12H18N6O. The highest BCUT2D eigenvalue weighted by molar-refractivity contribution is 5.92. The van der Waals surface area contributed by atoms with E-state index in [0.717, 1.165) is 19.6 Å². The summed E-state index contributed by atoms with van der Waals surface area (Å²) in [6.07, 6.45) is 5.27. The number of rotatable bonds is 3. The van der Waals surface area contributed by atoms with Gasteiger partial charge in [-0.05, 0) is 31.8 Å². The van der Waals surface area contributed by atoms with Gasteiger partial charge < -0.3 is 15.6 Å². The maximum absolute atomic E-state index is 12.2. The van der Waals surface area contributed by atoms with Crippen LogP contribution in [-0.2, 0) is 0 Å². The van der Waals surface area contributed by atoms with E-state index in [1.54, 1.807) is 0 Å². The summed E-state index contributed by atoms with van der Waals surface area (Å²) in [5.74, 6) is 6.07. The molecule has 2 bridgehead atoms. The van der Waals surface area contributed by atoms with Crippen LogP contribution in [0, 0.1) is 5.92 Å². The lowest BCUT2D eigenvalue weighted by Gasteiger charge is -2.44. The number of carbonyl (C=O) groups is 1. The van der Waals surface area contributed by atoms with Crippen LogP contribution in [0.4, 0.5) is 5.82 Å². The molecule has 7 heteroatoms. The molecule has 0 saturated carbocycles. The highest BCUT2D eigenvalue weighted by atomic mass is 16.2. The smallest absolute Gasteiger partial charge is 0.271 e. The molecule has 19 heavy (non-hydrogen) atoms. The summed E-state index contributed by atoms with van der Waals surface area (Å²) in [7, 11) is 0. The van der Waals surface area contributed by atoms with Crippen molar-refractivity contribution in [1.82, 2.24) is 20.2 Å². The van der Waals surface area contributed by atoms with Crippen molar-refractivity contribution in [1.29, 1.82) is 0 Å². The SMILES string of the molecule is NNc1cncc(C(=O)NC2CN3CCC2CC3)n1. The summed E-state index contributed by atoms with van der Waals surface area (Å²) in [6.45, 7) is 3.26. The predicted octanol–water partition coefficient (Wildman–Crippen LogP) is -0.414. The van der Waals surface area contributed by atoms with Gasteiger partial charge in [0.15, 0.2) is 5.82 Å². The van der Waals surface area contributed by atoms with Crippen LogP contribution in [0.1, 0.15) is 23.3 Å². The van der Waals surface area contributed by atoms with Gasteiger partial charge in [0.25, 0.3) is 5.91 Å². The number of carbonyl (C=O) groups excluding carboxylic acids is 1. The van der Waals surface area contributed by atoms with Crippen molar-refractivity contribution >= 4 is 11.7 Å². The van der Waals surface area contributed by atoms with Crippen LogP contribution >= 0.6 is 0 Å². The van der Waals surface area contributed by atoms with Gasteiger partial charge in [-0.1, -0.05) is 0 Å². The first kappa shape index (κ1) is 12.3. The Morgan fingerprint density at radius 2 is 2.16 bits per heavy atom. The molecule has 3 fully saturated rings. The molecular weight excluding hydrogens is 244 g/mol. The number of nitrogens with zero attached hydrogens (tertiary/aromatic N) is 3. The molecule has 1 unspecified atom stereocenters. The average Bonchev–Trinajstić information content (AvgIpc) is 2.48. The van der Waals surface area contributed by atoms with E-state index in [1.165, 1.54) is 25.2 Å². The van der Waals surface area contributed by atoms with E-state index in [9.17, 15) is 4.79 Å². The van der Waals surface area contributed by atoms with Gasteiger partial charge in [0.1, 0.15) is 5.69 Å². The van der Waals surface area contributed by atoms with Crippen LogP contribution in [0.5, 0.6) is 0 Å². The lowest BCUT2D eigenvalue weighted by Crippen LogP contribution is -2.57. The van der Waals surface area contributed by atoms with E-state index in [0.29, 0.717) is 17.4 Å². The molecule has 1 amide bonds. The van der Waals surface area contributed by atoms with Crippen molar-refractivity contribution in [2.45, 2.75) is 18.9 Å². The molecule has 1 aromatic heterocycles. The van der Waals surface area contributed by atoms with E-state index in [-0.39, 0.29) is 11.9 Å². The number of amides is 1. The van der Waals surface area contributed by atoms with Crippen LogP contribution in [-0.4, -0.2) is 46.5 Å². The van der Waals surface area contributed by atoms with E-state index in [1.807, 2.05) is 0 Å². The van der Waals surface area contributed by atoms with Gasteiger partial charge in [-0.3, -0.25) is 9.78 Å². The molecule has 0 radical (unpaired) electrons. The minimum absolute atomic E-state index is 0.177. The molecule has 102 valence electrons. The minimum atomic E-state index is -0.177. The van der Waals surface area contributed by atoms with E-state index in [2.05, 4.69) is 25.6 Å². The normalized spacial score (nSPS) is 29.0. The van der Waals surface area contributed by atoms with Crippen LogP contribution < -0.4 is 16.6 Å². The van der Waals surface area contributed by atoms with E-state index in [4.69, 9.17) is 5.84 Å². The number of aromatic nitrogens is 2. The number of nitrogens with one attached hydrogen (secondary N) is 2. The number of piperidine rings is 3. The second kappa shape index (κ2) is 5.10. The molecule has 0 spiro atoms. The number of nitrogens with two attached hydrogens (primary N) is 1. The van der Waals surface area contributed by atoms with Crippen molar-refractivity contribution < 1.29 is 4.79 Å². The molecule has 7 nitrogen and oxygen atoms in total. The Bertz CT molecular complexity index is 471. The van der Waals surface area contributed by atoms with Gasteiger partial charge >= 0.3 is 0 Å². The Morgan fingerprint density at radius 3 is 2.79 bits per heavy atom. The summed E-state index contributed by atoms with van der Waals surface area (Å²) in [6, 6.07) is 0.228. The van der Waals surface area contributed by atoms with Crippen LogP contribution in [0.25, 0.3) is 0 Å². The first-order valence-corrected chi connectivity index (χ1v) is 6.58. The van der Waals surface area contributed by atoms with Crippen LogP contribution in [0.15, 0.2) is 12.4 Å². The lowest BCUT2D eigenvalue weighted by atomic mass is 9.84. The van der Waals surface area contributed by atoms with Gasteiger partial charge in [-0.15, -0.1) is 0 Å². The molecule has 4 N–H and O–H groups in total. The molecule has 1 aromatic rings. The zero-order valence-electron chi connectivity index (χ0n) is 10.7. The van der Waals surface area contributed by atoms with E-state index >= 15 is 0 Å². The van der Waals surface area contributed by atoms with Crippen molar-refractivity contribution in [3.8, 4) is 0 Å². The molecule has 4 rings (SSSR count).